The average molecular weight is 272 g/mol. The fraction of sp³-hybridized carbons (Fsp3) is 0.571. The molecular formula is C14H22ClNO2. The molecule has 0 aliphatic rings. The minimum Gasteiger partial charge on any atom is -0.491 e. The van der Waals surface area contributed by atoms with E-state index in [-0.39, 0.29) is 12.1 Å². The van der Waals surface area contributed by atoms with E-state index < -0.39 is 0 Å². The van der Waals surface area contributed by atoms with E-state index in [0.717, 1.165) is 17.7 Å². The lowest BCUT2D eigenvalue weighted by atomic mass is 10.1. The smallest absolute Gasteiger partial charge is 0.122 e. The highest BCUT2D eigenvalue weighted by Gasteiger charge is 2.07. The van der Waals surface area contributed by atoms with Gasteiger partial charge in [-0.25, -0.2) is 0 Å². The molecule has 4 heteroatoms. The topological polar surface area (TPSA) is 44.5 Å². The summed E-state index contributed by atoms with van der Waals surface area (Å²) in [5, 5.41) is 0.705. The molecule has 2 N–H and O–H groups in total. The molecule has 1 atom stereocenters. The van der Waals surface area contributed by atoms with Crippen LogP contribution in [0.2, 0.25) is 5.02 Å². The fourth-order valence-electron chi connectivity index (χ4n) is 1.63. The van der Waals surface area contributed by atoms with Gasteiger partial charge in [0, 0.05) is 11.1 Å². The second-order valence-electron chi connectivity index (χ2n) is 4.70. The first kappa shape index (κ1) is 15.3. The Balaban J connectivity index is 2.57. The molecule has 0 saturated carbocycles. The van der Waals surface area contributed by atoms with Crippen LogP contribution in [0.4, 0.5) is 0 Å². The minimum absolute atomic E-state index is 0.0812. The molecule has 102 valence electrons. The molecule has 0 amide bonds. The van der Waals surface area contributed by atoms with Gasteiger partial charge in [0.1, 0.15) is 12.4 Å². The van der Waals surface area contributed by atoms with Gasteiger partial charge in [-0.3, -0.25) is 0 Å². The first-order valence-electron chi connectivity index (χ1n) is 6.27. The molecule has 0 saturated heterocycles. The number of halogens is 1. The van der Waals surface area contributed by atoms with Crippen LogP contribution in [0.3, 0.4) is 0 Å². The Morgan fingerprint density at radius 1 is 1.22 bits per heavy atom. The van der Waals surface area contributed by atoms with Crippen molar-refractivity contribution in [1.82, 2.24) is 0 Å². The lowest BCUT2D eigenvalue weighted by molar-refractivity contribution is 0.0550. The Morgan fingerprint density at radius 3 is 2.56 bits per heavy atom. The zero-order chi connectivity index (χ0) is 13.5. The largest absolute Gasteiger partial charge is 0.491 e. The monoisotopic (exact) mass is 271 g/mol. The van der Waals surface area contributed by atoms with Crippen LogP contribution in [0.5, 0.6) is 5.75 Å². The molecule has 0 heterocycles. The highest BCUT2D eigenvalue weighted by molar-refractivity contribution is 6.30. The van der Waals surface area contributed by atoms with Crippen molar-refractivity contribution in [3.8, 4) is 5.75 Å². The van der Waals surface area contributed by atoms with E-state index in [1.807, 2.05) is 39.0 Å². The lowest BCUT2D eigenvalue weighted by Crippen LogP contribution is -2.19. The molecule has 0 spiro atoms. The molecule has 1 aromatic rings. The number of ether oxygens (including phenoxy) is 2. The van der Waals surface area contributed by atoms with Crippen molar-refractivity contribution in [2.24, 2.45) is 5.73 Å². The second kappa shape index (κ2) is 7.62. The Kier molecular flexibility index (Phi) is 6.47. The zero-order valence-corrected chi connectivity index (χ0v) is 12.0. The van der Waals surface area contributed by atoms with Gasteiger partial charge in [0.2, 0.25) is 0 Å². The van der Waals surface area contributed by atoms with E-state index in [9.17, 15) is 0 Å². The van der Waals surface area contributed by atoms with Gasteiger partial charge in [-0.2, -0.15) is 0 Å². The van der Waals surface area contributed by atoms with Crippen LogP contribution in [0.15, 0.2) is 18.2 Å². The molecule has 0 radical (unpaired) electrons. The van der Waals surface area contributed by atoms with Crippen LogP contribution in [0.1, 0.15) is 26.3 Å². The van der Waals surface area contributed by atoms with Crippen molar-refractivity contribution in [1.29, 1.82) is 0 Å². The van der Waals surface area contributed by atoms with Crippen molar-refractivity contribution in [2.45, 2.75) is 39.3 Å². The van der Waals surface area contributed by atoms with Gasteiger partial charge in [-0.15, -0.1) is 0 Å². The maximum atomic E-state index is 5.98. The first-order chi connectivity index (χ1) is 8.49. The van der Waals surface area contributed by atoms with Gasteiger partial charge in [-0.1, -0.05) is 11.6 Å². The van der Waals surface area contributed by atoms with Crippen LogP contribution in [0.25, 0.3) is 0 Å². The molecule has 18 heavy (non-hydrogen) atoms. The molecule has 0 fully saturated rings. The maximum Gasteiger partial charge on any atom is 0.122 e. The minimum atomic E-state index is 0.0812. The van der Waals surface area contributed by atoms with Crippen molar-refractivity contribution in [3.05, 3.63) is 28.8 Å². The van der Waals surface area contributed by atoms with Gasteiger partial charge >= 0.3 is 0 Å². The summed E-state index contributed by atoms with van der Waals surface area (Å²) < 4.78 is 11.1. The molecule has 1 aromatic carbocycles. The third-order valence-corrected chi connectivity index (χ3v) is 2.59. The van der Waals surface area contributed by atoms with E-state index in [2.05, 4.69) is 0 Å². The summed E-state index contributed by atoms with van der Waals surface area (Å²) in [6.45, 7) is 7.09. The van der Waals surface area contributed by atoms with Crippen molar-refractivity contribution in [2.75, 3.05) is 13.2 Å². The number of benzene rings is 1. The van der Waals surface area contributed by atoms with Crippen molar-refractivity contribution < 1.29 is 9.47 Å². The highest BCUT2D eigenvalue weighted by Crippen LogP contribution is 2.24. The Bertz CT molecular complexity index is 367. The molecule has 1 unspecified atom stereocenters. The maximum absolute atomic E-state index is 5.98. The van der Waals surface area contributed by atoms with Gasteiger partial charge < -0.3 is 15.2 Å². The van der Waals surface area contributed by atoms with Crippen molar-refractivity contribution in [3.63, 3.8) is 0 Å². The summed E-state index contributed by atoms with van der Waals surface area (Å²) in [6.07, 6.45) is 0.975. The van der Waals surface area contributed by atoms with Gasteiger partial charge in [0.25, 0.3) is 0 Å². The summed E-state index contributed by atoms with van der Waals surface area (Å²) in [6, 6.07) is 5.70. The molecule has 3 nitrogen and oxygen atoms in total. The Morgan fingerprint density at radius 2 is 1.94 bits per heavy atom. The SMILES string of the molecule is CC(N)Cc1cc(Cl)ccc1OCCOC(C)C. The molecule has 0 aromatic heterocycles. The summed E-state index contributed by atoms with van der Waals surface area (Å²) in [5.74, 6) is 0.837. The number of hydrogen-bond acceptors (Lipinski definition) is 3. The zero-order valence-electron chi connectivity index (χ0n) is 11.3. The quantitative estimate of drug-likeness (QED) is 0.776. The fourth-order valence-corrected chi connectivity index (χ4v) is 1.83. The number of hydrogen-bond donors (Lipinski definition) is 1. The third kappa shape index (κ3) is 5.71. The molecule has 0 aliphatic heterocycles. The van der Waals surface area contributed by atoms with E-state index in [4.69, 9.17) is 26.8 Å². The summed E-state index contributed by atoms with van der Waals surface area (Å²) >= 11 is 5.98. The summed E-state index contributed by atoms with van der Waals surface area (Å²) in [7, 11) is 0. The van der Waals surface area contributed by atoms with Gasteiger partial charge in [0.05, 0.1) is 12.7 Å². The van der Waals surface area contributed by atoms with E-state index in [1.165, 1.54) is 0 Å². The van der Waals surface area contributed by atoms with Crippen molar-refractivity contribution >= 4 is 11.6 Å². The highest BCUT2D eigenvalue weighted by atomic mass is 35.5. The van der Waals surface area contributed by atoms with Crippen LogP contribution >= 0.6 is 11.6 Å². The van der Waals surface area contributed by atoms with Gasteiger partial charge in [0.15, 0.2) is 0 Å². The standard InChI is InChI=1S/C14H22ClNO2/c1-10(2)17-6-7-18-14-5-4-13(15)9-12(14)8-11(3)16/h4-5,9-11H,6-8,16H2,1-3H3. The van der Waals surface area contributed by atoms with Crippen LogP contribution in [0, 0.1) is 0 Å². The average Bonchev–Trinajstić information content (AvgIpc) is 2.25. The second-order valence-corrected chi connectivity index (χ2v) is 5.14. The third-order valence-electron chi connectivity index (χ3n) is 2.36. The first-order valence-corrected chi connectivity index (χ1v) is 6.65. The normalized spacial score (nSPS) is 12.8. The lowest BCUT2D eigenvalue weighted by Gasteiger charge is -2.14. The Labute approximate surface area is 114 Å². The van der Waals surface area contributed by atoms with Gasteiger partial charge in [-0.05, 0) is 51.0 Å². The van der Waals surface area contributed by atoms with E-state index in [1.54, 1.807) is 0 Å². The summed E-state index contributed by atoms with van der Waals surface area (Å²) in [5.41, 5.74) is 6.86. The predicted octanol–water partition coefficient (Wildman–Crippen LogP) is 3.03. The van der Waals surface area contributed by atoms with Crippen LogP contribution in [-0.2, 0) is 11.2 Å². The molecule has 0 bridgehead atoms. The van der Waals surface area contributed by atoms with E-state index >= 15 is 0 Å². The summed E-state index contributed by atoms with van der Waals surface area (Å²) in [4.78, 5) is 0. The number of nitrogens with two attached hydrogens (primary N) is 1. The molecular weight excluding hydrogens is 250 g/mol. The van der Waals surface area contributed by atoms with E-state index in [0.29, 0.717) is 18.2 Å². The number of rotatable bonds is 7. The van der Waals surface area contributed by atoms with Crippen LogP contribution < -0.4 is 10.5 Å². The predicted molar refractivity (Wildman–Crippen MR) is 75.4 cm³/mol. The Hall–Kier alpha value is -0.770. The molecule has 1 rings (SSSR count). The van der Waals surface area contributed by atoms with Crippen LogP contribution in [-0.4, -0.2) is 25.4 Å². The molecule has 0 aliphatic carbocycles.